The predicted octanol–water partition coefficient (Wildman–Crippen LogP) is 0.239. The van der Waals surface area contributed by atoms with Gasteiger partial charge in [0.1, 0.15) is 0 Å². The number of sulfonamides is 1. The first kappa shape index (κ1) is 19.8. The predicted molar refractivity (Wildman–Crippen MR) is 83.2 cm³/mol. The van der Waals surface area contributed by atoms with Crippen LogP contribution in [0, 0.1) is 6.92 Å². The summed E-state index contributed by atoms with van der Waals surface area (Å²) in [6.07, 6.45) is 0. The third kappa shape index (κ3) is 6.87. The topological polar surface area (TPSA) is 111 Å². The van der Waals surface area contributed by atoms with E-state index >= 15 is 0 Å². The second-order valence-electron chi connectivity index (χ2n) is 4.24. The molecule has 0 fully saturated rings. The third-order valence-corrected chi connectivity index (χ3v) is 3.60. The molecule has 21 heavy (non-hydrogen) atoms. The molecular weight excluding hydrogens is 318 g/mol. The Kier molecular flexibility index (Phi) is 8.45. The molecule has 0 aliphatic heterocycles. The van der Waals surface area contributed by atoms with E-state index in [4.69, 9.17) is 9.88 Å². The van der Waals surface area contributed by atoms with Gasteiger partial charge in [-0.15, -0.1) is 12.4 Å². The number of nitrogens with one attached hydrogen (secondary N) is 2. The summed E-state index contributed by atoms with van der Waals surface area (Å²) >= 11 is 0. The monoisotopic (exact) mass is 337 g/mol. The van der Waals surface area contributed by atoms with E-state index in [2.05, 4.69) is 10.6 Å². The number of hydrogen-bond acceptors (Lipinski definition) is 5. The number of amides is 1. The molecule has 1 amide bonds. The van der Waals surface area contributed by atoms with Crippen molar-refractivity contribution in [3.63, 3.8) is 0 Å². The van der Waals surface area contributed by atoms with E-state index in [1.54, 1.807) is 26.2 Å². The highest BCUT2D eigenvalue weighted by molar-refractivity contribution is 7.89. The fourth-order valence-electron chi connectivity index (χ4n) is 1.57. The first-order valence-corrected chi connectivity index (χ1v) is 7.52. The van der Waals surface area contributed by atoms with Crippen molar-refractivity contribution in [3.8, 4) is 0 Å². The van der Waals surface area contributed by atoms with Gasteiger partial charge in [0, 0.05) is 19.3 Å². The van der Waals surface area contributed by atoms with E-state index in [9.17, 15) is 13.2 Å². The number of methoxy groups -OCH3 is 1. The summed E-state index contributed by atoms with van der Waals surface area (Å²) in [5.41, 5.74) is 0.918. The van der Waals surface area contributed by atoms with Crippen LogP contribution in [0.2, 0.25) is 0 Å². The fraction of sp³-hybridized carbons (Fsp3) is 0.417. The van der Waals surface area contributed by atoms with E-state index in [0.717, 1.165) is 0 Å². The average Bonchev–Trinajstić information content (AvgIpc) is 2.36. The molecular formula is C12H20ClN3O4S. The summed E-state index contributed by atoms with van der Waals surface area (Å²) in [5, 5.41) is 10.6. The smallest absolute Gasteiger partial charge is 0.238 e. The Bertz CT molecular complexity index is 578. The molecule has 0 unspecified atom stereocenters. The van der Waals surface area contributed by atoms with Gasteiger partial charge in [0.2, 0.25) is 15.9 Å². The molecule has 0 spiro atoms. The Labute approximate surface area is 130 Å². The van der Waals surface area contributed by atoms with Crippen molar-refractivity contribution < 1.29 is 17.9 Å². The Morgan fingerprint density at radius 1 is 1.38 bits per heavy atom. The number of benzene rings is 1. The summed E-state index contributed by atoms with van der Waals surface area (Å²) in [6.45, 7) is 2.81. The zero-order valence-corrected chi connectivity index (χ0v) is 13.5. The van der Waals surface area contributed by atoms with Gasteiger partial charge in [-0.25, -0.2) is 13.6 Å². The van der Waals surface area contributed by atoms with Gasteiger partial charge in [-0.1, -0.05) is 6.07 Å². The summed E-state index contributed by atoms with van der Waals surface area (Å²) in [5.74, 6) is -0.273. The first-order valence-electron chi connectivity index (χ1n) is 5.97. The Balaban J connectivity index is 0.00000400. The molecule has 0 aliphatic carbocycles. The normalized spacial score (nSPS) is 10.8. The maximum atomic E-state index is 11.6. The molecule has 7 nitrogen and oxygen atoms in total. The van der Waals surface area contributed by atoms with Gasteiger partial charge in [0.25, 0.3) is 0 Å². The number of nitrogens with two attached hydrogens (primary N) is 1. The Morgan fingerprint density at radius 2 is 2.05 bits per heavy atom. The van der Waals surface area contributed by atoms with Crippen molar-refractivity contribution in [2.24, 2.45) is 5.14 Å². The van der Waals surface area contributed by atoms with E-state index < -0.39 is 10.0 Å². The maximum absolute atomic E-state index is 11.6. The van der Waals surface area contributed by atoms with Crippen LogP contribution in [0.15, 0.2) is 23.1 Å². The largest absolute Gasteiger partial charge is 0.383 e. The van der Waals surface area contributed by atoms with E-state index in [0.29, 0.717) is 24.4 Å². The Morgan fingerprint density at radius 3 is 2.62 bits per heavy atom. The maximum Gasteiger partial charge on any atom is 0.238 e. The summed E-state index contributed by atoms with van der Waals surface area (Å²) in [4.78, 5) is 11.6. The quantitative estimate of drug-likeness (QED) is 0.617. The molecule has 0 saturated heterocycles. The van der Waals surface area contributed by atoms with Gasteiger partial charge in [-0.2, -0.15) is 0 Å². The molecule has 4 N–H and O–H groups in total. The van der Waals surface area contributed by atoms with Gasteiger partial charge in [-0.05, 0) is 24.6 Å². The molecule has 120 valence electrons. The standard InChI is InChI=1S/C12H19N3O4S.ClH/c1-9-3-4-10(7-11(9)20(13,17)18)15-12(16)8-14-5-6-19-2;/h3-4,7,14H,5-6,8H2,1-2H3,(H,15,16)(H2,13,17,18);1H. The summed E-state index contributed by atoms with van der Waals surface area (Å²) in [7, 11) is -2.23. The van der Waals surface area contributed by atoms with E-state index in [1.807, 2.05) is 0 Å². The van der Waals surface area contributed by atoms with Crippen LogP contribution in [0.3, 0.4) is 0 Å². The number of rotatable bonds is 7. The van der Waals surface area contributed by atoms with Crippen LogP contribution in [-0.4, -0.2) is 41.1 Å². The molecule has 0 radical (unpaired) electrons. The number of halogens is 1. The highest BCUT2D eigenvalue weighted by Gasteiger charge is 2.12. The van der Waals surface area contributed by atoms with Crippen molar-refractivity contribution >= 4 is 34.0 Å². The molecule has 0 bridgehead atoms. The molecule has 1 aromatic rings. The van der Waals surface area contributed by atoms with Crippen LogP contribution in [0.25, 0.3) is 0 Å². The summed E-state index contributed by atoms with van der Waals surface area (Å²) in [6, 6.07) is 4.56. The second kappa shape index (κ2) is 8.96. The lowest BCUT2D eigenvalue weighted by Crippen LogP contribution is -2.30. The molecule has 1 rings (SSSR count). The molecule has 0 saturated carbocycles. The van der Waals surface area contributed by atoms with E-state index in [1.165, 1.54) is 6.07 Å². The molecule has 0 heterocycles. The third-order valence-electron chi connectivity index (χ3n) is 2.55. The minimum Gasteiger partial charge on any atom is -0.383 e. The molecule has 0 atom stereocenters. The lowest BCUT2D eigenvalue weighted by atomic mass is 10.2. The van der Waals surface area contributed by atoms with Crippen LogP contribution in [0.1, 0.15) is 5.56 Å². The van der Waals surface area contributed by atoms with Crippen molar-refractivity contribution in [1.82, 2.24) is 5.32 Å². The van der Waals surface area contributed by atoms with Gasteiger partial charge in [0.15, 0.2) is 0 Å². The first-order chi connectivity index (χ1) is 9.34. The average molecular weight is 338 g/mol. The number of carbonyl (C=O) groups is 1. The fourth-order valence-corrected chi connectivity index (χ4v) is 2.37. The highest BCUT2D eigenvalue weighted by atomic mass is 35.5. The number of aryl methyl sites for hydroxylation is 1. The van der Waals surface area contributed by atoms with Gasteiger partial charge in [-0.3, -0.25) is 4.79 Å². The van der Waals surface area contributed by atoms with Crippen LogP contribution in [0.5, 0.6) is 0 Å². The number of hydrogen-bond donors (Lipinski definition) is 3. The molecule has 1 aromatic carbocycles. The summed E-state index contributed by atoms with van der Waals surface area (Å²) < 4.78 is 27.6. The lowest BCUT2D eigenvalue weighted by Gasteiger charge is -2.09. The number of carbonyl (C=O) groups excluding carboxylic acids is 1. The molecule has 0 aliphatic rings. The van der Waals surface area contributed by atoms with E-state index in [-0.39, 0.29) is 29.8 Å². The van der Waals surface area contributed by atoms with Gasteiger partial charge in [0.05, 0.1) is 18.0 Å². The zero-order chi connectivity index (χ0) is 15.2. The SMILES string of the molecule is COCCNCC(=O)Nc1ccc(C)c(S(N)(=O)=O)c1.Cl. The second-order valence-corrected chi connectivity index (χ2v) is 5.77. The lowest BCUT2D eigenvalue weighted by molar-refractivity contribution is -0.115. The molecule has 9 heteroatoms. The van der Waals surface area contributed by atoms with Crippen molar-refractivity contribution in [2.75, 3.05) is 32.1 Å². The minimum atomic E-state index is -3.80. The van der Waals surface area contributed by atoms with Gasteiger partial charge < -0.3 is 15.4 Å². The van der Waals surface area contributed by atoms with Crippen molar-refractivity contribution in [2.45, 2.75) is 11.8 Å². The Hall–Kier alpha value is -1.19. The highest BCUT2D eigenvalue weighted by Crippen LogP contribution is 2.18. The van der Waals surface area contributed by atoms with Crippen LogP contribution in [-0.2, 0) is 19.6 Å². The number of ether oxygens (including phenoxy) is 1. The number of anilines is 1. The van der Waals surface area contributed by atoms with Crippen molar-refractivity contribution in [1.29, 1.82) is 0 Å². The minimum absolute atomic E-state index is 0. The zero-order valence-electron chi connectivity index (χ0n) is 11.9. The van der Waals surface area contributed by atoms with Crippen LogP contribution >= 0.6 is 12.4 Å². The van der Waals surface area contributed by atoms with Gasteiger partial charge >= 0.3 is 0 Å². The molecule has 0 aromatic heterocycles. The van der Waals surface area contributed by atoms with Crippen LogP contribution in [0.4, 0.5) is 5.69 Å². The number of primary sulfonamides is 1. The van der Waals surface area contributed by atoms with Crippen LogP contribution < -0.4 is 15.8 Å². The van der Waals surface area contributed by atoms with Crippen molar-refractivity contribution in [3.05, 3.63) is 23.8 Å².